The maximum absolute atomic E-state index is 12.5. The summed E-state index contributed by atoms with van der Waals surface area (Å²) in [6.07, 6.45) is 0.871. The highest BCUT2D eigenvalue weighted by molar-refractivity contribution is 5.60. The van der Waals surface area contributed by atoms with Crippen molar-refractivity contribution in [3.8, 4) is 28.6 Å². The van der Waals surface area contributed by atoms with E-state index in [1.165, 1.54) is 19.2 Å². The molecule has 0 saturated heterocycles. The Morgan fingerprint density at radius 1 is 1.03 bits per heavy atom. The van der Waals surface area contributed by atoms with E-state index < -0.39 is 6.61 Å². The highest BCUT2D eigenvalue weighted by Crippen LogP contribution is 2.32. The Labute approximate surface area is 173 Å². The molecular weight excluding hydrogens is 396 g/mol. The van der Waals surface area contributed by atoms with Crippen LogP contribution in [0, 0.1) is 0 Å². The first kappa shape index (κ1) is 21.5. The number of ether oxygens (including phenoxy) is 3. The maximum Gasteiger partial charge on any atom is 0.387 e. The number of alkyl halides is 2. The maximum atomic E-state index is 12.5. The van der Waals surface area contributed by atoms with E-state index in [4.69, 9.17) is 14.0 Å². The summed E-state index contributed by atoms with van der Waals surface area (Å²) in [5.41, 5.74) is 1.68. The SMILES string of the molecule is CCC(NCc1nc(-c2ccc(OC(F)F)c(OC)c2)no1)c1ccc(OC)cc1. The van der Waals surface area contributed by atoms with Crippen molar-refractivity contribution in [2.24, 2.45) is 0 Å². The third kappa shape index (κ3) is 5.24. The quantitative estimate of drug-likeness (QED) is 0.515. The first-order valence-corrected chi connectivity index (χ1v) is 9.37. The molecule has 1 atom stereocenters. The lowest BCUT2D eigenvalue weighted by molar-refractivity contribution is -0.0512. The van der Waals surface area contributed by atoms with Gasteiger partial charge in [0.15, 0.2) is 11.5 Å². The molecule has 160 valence electrons. The number of halogens is 2. The van der Waals surface area contributed by atoms with Crippen LogP contribution in [0.2, 0.25) is 0 Å². The van der Waals surface area contributed by atoms with E-state index in [1.807, 2.05) is 24.3 Å². The molecule has 1 unspecified atom stereocenters. The van der Waals surface area contributed by atoms with E-state index in [9.17, 15) is 8.78 Å². The van der Waals surface area contributed by atoms with Crippen LogP contribution in [0.1, 0.15) is 30.8 Å². The van der Waals surface area contributed by atoms with Crippen LogP contribution < -0.4 is 19.5 Å². The van der Waals surface area contributed by atoms with Crippen molar-refractivity contribution in [2.45, 2.75) is 32.5 Å². The zero-order valence-corrected chi connectivity index (χ0v) is 16.9. The monoisotopic (exact) mass is 419 g/mol. The first-order valence-electron chi connectivity index (χ1n) is 9.37. The number of nitrogens with zero attached hydrogens (tertiary/aromatic N) is 2. The molecule has 9 heteroatoms. The number of aromatic nitrogens is 2. The Morgan fingerprint density at radius 3 is 2.43 bits per heavy atom. The third-order valence-electron chi connectivity index (χ3n) is 4.53. The topological polar surface area (TPSA) is 78.6 Å². The van der Waals surface area contributed by atoms with E-state index in [0.717, 1.165) is 17.7 Å². The Kier molecular flexibility index (Phi) is 7.18. The fourth-order valence-electron chi connectivity index (χ4n) is 2.99. The van der Waals surface area contributed by atoms with Gasteiger partial charge >= 0.3 is 6.61 Å². The molecule has 0 aliphatic carbocycles. The van der Waals surface area contributed by atoms with Gasteiger partial charge in [-0.25, -0.2) is 0 Å². The molecule has 0 radical (unpaired) electrons. The minimum atomic E-state index is -2.94. The van der Waals surface area contributed by atoms with Crippen LogP contribution in [-0.4, -0.2) is 31.0 Å². The summed E-state index contributed by atoms with van der Waals surface area (Å²) in [6.45, 7) is -0.484. The van der Waals surface area contributed by atoms with Crippen molar-refractivity contribution in [3.05, 3.63) is 53.9 Å². The van der Waals surface area contributed by atoms with Gasteiger partial charge in [0, 0.05) is 11.6 Å². The van der Waals surface area contributed by atoms with Crippen LogP contribution in [0.3, 0.4) is 0 Å². The van der Waals surface area contributed by atoms with Crippen LogP contribution in [0.5, 0.6) is 17.2 Å². The molecule has 0 saturated carbocycles. The molecule has 1 N–H and O–H groups in total. The van der Waals surface area contributed by atoms with Crippen molar-refractivity contribution >= 4 is 0 Å². The van der Waals surface area contributed by atoms with Gasteiger partial charge in [0.1, 0.15) is 5.75 Å². The molecule has 30 heavy (non-hydrogen) atoms. The Balaban J connectivity index is 1.68. The van der Waals surface area contributed by atoms with Gasteiger partial charge in [-0.1, -0.05) is 24.2 Å². The van der Waals surface area contributed by atoms with Crippen molar-refractivity contribution in [1.29, 1.82) is 0 Å². The lowest BCUT2D eigenvalue weighted by Gasteiger charge is -2.16. The third-order valence-corrected chi connectivity index (χ3v) is 4.53. The van der Waals surface area contributed by atoms with E-state index in [-0.39, 0.29) is 17.5 Å². The lowest BCUT2D eigenvalue weighted by atomic mass is 10.0. The molecule has 7 nitrogen and oxygen atoms in total. The molecule has 1 aromatic heterocycles. The van der Waals surface area contributed by atoms with Gasteiger partial charge in [0.25, 0.3) is 0 Å². The normalized spacial score (nSPS) is 12.1. The van der Waals surface area contributed by atoms with Gasteiger partial charge in [-0.2, -0.15) is 13.8 Å². The summed E-state index contributed by atoms with van der Waals surface area (Å²) >= 11 is 0. The zero-order chi connectivity index (χ0) is 21.5. The van der Waals surface area contributed by atoms with Crippen molar-refractivity contribution in [2.75, 3.05) is 14.2 Å². The number of hydrogen-bond donors (Lipinski definition) is 1. The van der Waals surface area contributed by atoms with E-state index in [0.29, 0.717) is 23.8 Å². The number of methoxy groups -OCH3 is 2. The Morgan fingerprint density at radius 2 is 1.80 bits per heavy atom. The van der Waals surface area contributed by atoms with Crippen LogP contribution in [0.4, 0.5) is 8.78 Å². The molecule has 0 fully saturated rings. The van der Waals surface area contributed by atoms with Gasteiger partial charge in [0.05, 0.1) is 20.8 Å². The Hall–Kier alpha value is -3.20. The minimum absolute atomic E-state index is 0.0630. The first-order chi connectivity index (χ1) is 14.5. The number of hydrogen-bond acceptors (Lipinski definition) is 7. The number of benzene rings is 2. The average Bonchev–Trinajstić information content (AvgIpc) is 3.23. The van der Waals surface area contributed by atoms with Crippen LogP contribution >= 0.6 is 0 Å². The van der Waals surface area contributed by atoms with Gasteiger partial charge in [-0.15, -0.1) is 0 Å². The second-order valence-corrected chi connectivity index (χ2v) is 6.37. The van der Waals surface area contributed by atoms with Gasteiger partial charge in [-0.3, -0.25) is 0 Å². The molecule has 0 bridgehead atoms. The van der Waals surface area contributed by atoms with E-state index in [1.54, 1.807) is 13.2 Å². The smallest absolute Gasteiger partial charge is 0.387 e. The number of nitrogens with one attached hydrogen (secondary N) is 1. The largest absolute Gasteiger partial charge is 0.497 e. The molecule has 1 heterocycles. The fraction of sp³-hybridized carbons (Fsp3) is 0.333. The molecular formula is C21H23F2N3O4. The predicted molar refractivity (Wildman–Crippen MR) is 106 cm³/mol. The molecule has 3 rings (SSSR count). The molecule has 0 aliphatic rings. The summed E-state index contributed by atoms with van der Waals surface area (Å²) in [7, 11) is 3.00. The second kappa shape index (κ2) is 10.0. The highest BCUT2D eigenvalue weighted by Gasteiger charge is 2.16. The molecule has 0 amide bonds. The summed E-state index contributed by atoms with van der Waals surface area (Å²) in [6, 6.07) is 12.4. The van der Waals surface area contributed by atoms with Crippen molar-refractivity contribution in [3.63, 3.8) is 0 Å². The van der Waals surface area contributed by atoms with Crippen LogP contribution in [-0.2, 0) is 6.54 Å². The summed E-state index contributed by atoms with van der Waals surface area (Å²) in [4.78, 5) is 4.37. The highest BCUT2D eigenvalue weighted by atomic mass is 19.3. The number of rotatable bonds is 10. The Bertz CT molecular complexity index is 948. The van der Waals surface area contributed by atoms with Gasteiger partial charge in [0.2, 0.25) is 11.7 Å². The van der Waals surface area contributed by atoms with Crippen LogP contribution in [0.15, 0.2) is 47.0 Å². The van der Waals surface area contributed by atoms with E-state index in [2.05, 4.69) is 27.1 Å². The summed E-state index contributed by atoms with van der Waals surface area (Å²) in [5.74, 6) is 1.63. The predicted octanol–water partition coefficient (Wildman–Crippen LogP) is 4.60. The second-order valence-electron chi connectivity index (χ2n) is 6.37. The van der Waals surface area contributed by atoms with Crippen LogP contribution in [0.25, 0.3) is 11.4 Å². The molecule has 2 aromatic carbocycles. The molecule has 3 aromatic rings. The zero-order valence-electron chi connectivity index (χ0n) is 16.9. The fourth-order valence-corrected chi connectivity index (χ4v) is 2.99. The minimum Gasteiger partial charge on any atom is -0.497 e. The van der Waals surface area contributed by atoms with Crippen molar-refractivity contribution in [1.82, 2.24) is 15.5 Å². The van der Waals surface area contributed by atoms with E-state index >= 15 is 0 Å². The standard InChI is InChI=1S/C21H23F2N3O4/c1-4-16(13-5-8-15(27-2)9-6-13)24-12-19-25-20(26-30-19)14-7-10-17(29-21(22)23)18(11-14)28-3/h5-11,16,21,24H,4,12H2,1-3H3. The summed E-state index contributed by atoms with van der Waals surface area (Å²) < 4.78 is 45.0. The van der Waals surface area contributed by atoms with Gasteiger partial charge < -0.3 is 24.1 Å². The van der Waals surface area contributed by atoms with Crippen molar-refractivity contribution < 1.29 is 27.5 Å². The van der Waals surface area contributed by atoms with Gasteiger partial charge in [-0.05, 0) is 42.3 Å². The molecule has 0 aliphatic heterocycles. The molecule has 0 spiro atoms. The lowest BCUT2D eigenvalue weighted by Crippen LogP contribution is -2.20. The summed E-state index contributed by atoms with van der Waals surface area (Å²) in [5, 5.41) is 7.36. The average molecular weight is 419 g/mol.